The summed E-state index contributed by atoms with van der Waals surface area (Å²) < 4.78 is 22.1. The number of hydrogen-bond acceptors (Lipinski definition) is 6. The maximum atomic E-state index is 11.0. The predicted molar refractivity (Wildman–Crippen MR) is 75.0 cm³/mol. The maximum absolute atomic E-state index is 11.0. The van der Waals surface area contributed by atoms with Gasteiger partial charge in [-0.25, -0.2) is 8.42 Å². The highest BCUT2D eigenvalue weighted by Crippen LogP contribution is 2.22. The molecule has 19 heavy (non-hydrogen) atoms. The van der Waals surface area contributed by atoms with Crippen LogP contribution in [-0.4, -0.2) is 56.3 Å². The lowest BCUT2D eigenvalue weighted by Crippen LogP contribution is -2.39. The van der Waals surface area contributed by atoms with Crippen molar-refractivity contribution in [2.45, 2.75) is 18.9 Å². The summed E-state index contributed by atoms with van der Waals surface area (Å²) in [5.74, 6) is 1.08. The Balaban J connectivity index is 1.83. The molecule has 7 heteroatoms. The number of sulfone groups is 1. The van der Waals surface area contributed by atoms with Crippen LogP contribution in [0.3, 0.4) is 0 Å². The van der Waals surface area contributed by atoms with E-state index in [4.69, 9.17) is 0 Å². The van der Waals surface area contributed by atoms with E-state index >= 15 is 0 Å². The first-order chi connectivity index (χ1) is 9.06. The van der Waals surface area contributed by atoms with Crippen molar-refractivity contribution in [2.75, 3.05) is 36.5 Å². The van der Waals surface area contributed by atoms with Gasteiger partial charge in [0.2, 0.25) is 0 Å². The van der Waals surface area contributed by atoms with Crippen molar-refractivity contribution in [1.82, 2.24) is 15.5 Å². The van der Waals surface area contributed by atoms with Gasteiger partial charge in [-0.1, -0.05) is 0 Å². The van der Waals surface area contributed by atoms with Gasteiger partial charge in [-0.15, -0.1) is 5.10 Å². The summed E-state index contributed by atoms with van der Waals surface area (Å²) in [6.07, 6.45) is 5.16. The number of nitrogens with zero attached hydrogens (tertiary/aromatic N) is 3. The van der Waals surface area contributed by atoms with Gasteiger partial charge in [0.05, 0.1) is 5.75 Å². The molecule has 0 amide bonds. The number of aromatic nitrogens is 2. The zero-order valence-electron chi connectivity index (χ0n) is 11.1. The lowest BCUT2D eigenvalue weighted by Gasteiger charge is -2.25. The van der Waals surface area contributed by atoms with Crippen molar-refractivity contribution in [3.05, 3.63) is 18.3 Å². The highest BCUT2D eigenvalue weighted by molar-refractivity contribution is 7.90. The molecule has 0 bridgehead atoms. The van der Waals surface area contributed by atoms with E-state index in [-0.39, 0.29) is 5.75 Å². The first kappa shape index (κ1) is 14.2. The molecule has 1 aliphatic heterocycles. The van der Waals surface area contributed by atoms with Crippen molar-refractivity contribution < 1.29 is 8.42 Å². The highest BCUT2D eigenvalue weighted by Gasteiger charge is 2.25. The lowest BCUT2D eigenvalue weighted by molar-refractivity contribution is 0.572. The monoisotopic (exact) mass is 284 g/mol. The molecular weight excluding hydrogens is 264 g/mol. The summed E-state index contributed by atoms with van der Waals surface area (Å²) >= 11 is 0. The van der Waals surface area contributed by atoms with Gasteiger partial charge in [-0.3, -0.25) is 0 Å². The smallest absolute Gasteiger partial charge is 0.151 e. The summed E-state index contributed by atoms with van der Waals surface area (Å²) in [6.45, 7) is 2.27. The number of anilines is 1. The Kier molecular flexibility index (Phi) is 4.71. The molecule has 1 saturated heterocycles. The van der Waals surface area contributed by atoms with Crippen LogP contribution < -0.4 is 10.2 Å². The fourth-order valence-corrected chi connectivity index (χ4v) is 2.84. The third-order valence-corrected chi connectivity index (χ3v) is 4.20. The Morgan fingerprint density at radius 3 is 3.05 bits per heavy atom. The molecule has 0 spiro atoms. The van der Waals surface area contributed by atoms with Gasteiger partial charge in [0.1, 0.15) is 9.84 Å². The van der Waals surface area contributed by atoms with Crippen LogP contribution in [0.1, 0.15) is 12.8 Å². The van der Waals surface area contributed by atoms with E-state index in [1.807, 2.05) is 12.1 Å². The topological polar surface area (TPSA) is 75.2 Å². The van der Waals surface area contributed by atoms with Crippen LogP contribution in [0, 0.1) is 0 Å². The first-order valence-corrected chi connectivity index (χ1v) is 8.55. The molecule has 0 aliphatic carbocycles. The summed E-state index contributed by atoms with van der Waals surface area (Å²) in [7, 11) is -2.88. The second kappa shape index (κ2) is 6.29. The molecule has 1 aromatic rings. The molecule has 0 aromatic carbocycles. The quantitative estimate of drug-likeness (QED) is 0.746. The minimum Gasteiger partial charge on any atom is -0.351 e. The summed E-state index contributed by atoms with van der Waals surface area (Å²) in [6, 6.07) is 4.22. The molecule has 1 N–H and O–H groups in total. The van der Waals surface area contributed by atoms with Crippen molar-refractivity contribution in [3.63, 3.8) is 0 Å². The van der Waals surface area contributed by atoms with Crippen LogP contribution in [0.2, 0.25) is 0 Å². The van der Waals surface area contributed by atoms with Gasteiger partial charge >= 0.3 is 0 Å². The molecule has 1 atom stereocenters. The van der Waals surface area contributed by atoms with E-state index in [1.54, 1.807) is 6.20 Å². The molecule has 1 aromatic heterocycles. The van der Waals surface area contributed by atoms with Crippen molar-refractivity contribution in [1.29, 1.82) is 0 Å². The number of nitrogens with one attached hydrogen (secondary N) is 1. The Morgan fingerprint density at radius 2 is 2.37 bits per heavy atom. The average Bonchev–Trinajstić information content (AvgIpc) is 2.83. The van der Waals surface area contributed by atoms with E-state index in [0.29, 0.717) is 12.6 Å². The van der Waals surface area contributed by atoms with E-state index in [2.05, 4.69) is 20.4 Å². The molecule has 0 radical (unpaired) electrons. The molecule has 2 rings (SSSR count). The summed E-state index contributed by atoms with van der Waals surface area (Å²) in [5.41, 5.74) is 0. The third kappa shape index (κ3) is 4.43. The number of hydrogen-bond donors (Lipinski definition) is 1. The van der Waals surface area contributed by atoms with E-state index < -0.39 is 9.84 Å². The second-order valence-electron chi connectivity index (χ2n) is 4.91. The fraction of sp³-hybridized carbons (Fsp3) is 0.667. The van der Waals surface area contributed by atoms with Crippen molar-refractivity contribution in [2.24, 2.45) is 0 Å². The molecule has 0 saturated carbocycles. The van der Waals surface area contributed by atoms with Crippen molar-refractivity contribution >= 4 is 15.7 Å². The minimum atomic E-state index is -2.88. The Hall–Kier alpha value is -1.21. The molecular formula is C12H20N4O2S. The van der Waals surface area contributed by atoms with E-state index in [0.717, 1.165) is 31.7 Å². The SMILES string of the molecule is CS(=O)(=O)CCNC[C@H]1CCCN1c1cccnn1. The molecule has 6 nitrogen and oxygen atoms in total. The van der Waals surface area contributed by atoms with Crippen LogP contribution in [0.15, 0.2) is 18.3 Å². The van der Waals surface area contributed by atoms with Gasteiger partial charge in [0, 0.05) is 38.1 Å². The Bertz CT molecular complexity index is 492. The lowest BCUT2D eigenvalue weighted by atomic mass is 10.2. The Labute approximate surface area is 114 Å². The minimum absolute atomic E-state index is 0.185. The molecule has 1 fully saturated rings. The summed E-state index contributed by atoms with van der Waals surface area (Å²) in [5, 5.41) is 11.2. The fourth-order valence-electron chi connectivity index (χ4n) is 2.32. The van der Waals surface area contributed by atoms with E-state index in [9.17, 15) is 8.42 Å². The summed E-state index contributed by atoms with van der Waals surface area (Å²) in [4.78, 5) is 2.24. The molecule has 106 valence electrons. The zero-order valence-corrected chi connectivity index (χ0v) is 11.9. The van der Waals surface area contributed by atoms with Gasteiger partial charge in [-0.05, 0) is 25.0 Å². The molecule has 1 aliphatic rings. The second-order valence-corrected chi connectivity index (χ2v) is 7.17. The van der Waals surface area contributed by atoms with Crippen LogP contribution in [-0.2, 0) is 9.84 Å². The highest BCUT2D eigenvalue weighted by atomic mass is 32.2. The van der Waals surface area contributed by atoms with Crippen LogP contribution >= 0.6 is 0 Å². The van der Waals surface area contributed by atoms with Gasteiger partial charge in [-0.2, -0.15) is 5.10 Å². The van der Waals surface area contributed by atoms with E-state index in [1.165, 1.54) is 6.26 Å². The zero-order chi connectivity index (χ0) is 13.7. The van der Waals surface area contributed by atoms with Crippen molar-refractivity contribution in [3.8, 4) is 0 Å². The van der Waals surface area contributed by atoms with Crippen LogP contribution in [0.25, 0.3) is 0 Å². The van der Waals surface area contributed by atoms with Gasteiger partial charge in [0.15, 0.2) is 5.82 Å². The number of rotatable bonds is 6. The van der Waals surface area contributed by atoms with Gasteiger partial charge in [0.25, 0.3) is 0 Å². The Morgan fingerprint density at radius 1 is 1.53 bits per heavy atom. The van der Waals surface area contributed by atoms with Crippen LogP contribution in [0.5, 0.6) is 0 Å². The molecule has 2 heterocycles. The first-order valence-electron chi connectivity index (χ1n) is 6.49. The maximum Gasteiger partial charge on any atom is 0.151 e. The third-order valence-electron chi connectivity index (χ3n) is 3.26. The predicted octanol–water partition coefficient (Wildman–Crippen LogP) is 0.0796. The largest absolute Gasteiger partial charge is 0.351 e. The average molecular weight is 284 g/mol. The molecule has 0 unspecified atom stereocenters. The normalized spacial score (nSPS) is 19.8. The van der Waals surface area contributed by atoms with Gasteiger partial charge < -0.3 is 10.2 Å². The van der Waals surface area contributed by atoms with Crippen LogP contribution in [0.4, 0.5) is 5.82 Å². The standard InChI is InChI=1S/C12H20N4O2S/c1-19(17,18)9-7-13-10-11-4-3-8-16(11)12-5-2-6-14-15-12/h2,5-6,11,13H,3-4,7-10H2,1H3/t11-/m1/s1.